The molecule has 2 heterocycles. The summed E-state index contributed by atoms with van der Waals surface area (Å²) in [7, 11) is 0. The van der Waals surface area contributed by atoms with Gasteiger partial charge in [0.15, 0.2) is 17.2 Å². The summed E-state index contributed by atoms with van der Waals surface area (Å²) in [4.78, 5) is 37.0. The Balaban J connectivity index is 1.72. The molecule has 0 aromatic heterocycles. The van der Waals surface area contributed by atoms with E-state index < -0.39 is 65.0 Å². The van der Waals surface area contributed by atoms with Crippen molar-refractivity contribution in [1.29, 1.82) is 0 Å². The van der Waals surface area contributed by atoms with Crippen LogP contribution in [0.15, 0.2) is 36.2 Å². The van der Waals surface area contributed by atoms with Crippen LogP contribution in [0.25, 0.3) is 0 Å². The van der Waals surface area contributed by atoms with Crippen LogP contribution in [0.1, 0.15) is 109 Å². The number of nitroso groups, excluding NO2 is 1. The number of amides is 2. The number of carbonyl (C=O) groups excluding carboxylic acids is 2. The van der Waals surface area contributed by atoms with E-state index in [0.717, 1.165) is 63.1 Å². The number of allylic oxidation sites excluding steroid dienone is 1. The minimum Gasteiger partial charge on any atom is -0.490 e. The second-order valence-electron chi connectivity index (χ2n) is 12.6. The van der Waals surface area contributed by atoms with Crippen molar-refractivity contribution in [3.63, 3.8) is 0 Å². The number of carbonyl (C=O) groups is 2. The third-order valence-corrected chi connectivity index (χ3v) is 9.18. The number of rotatable bonds is 18. The van der Waals surface area contributed by atoms with Crippen LogP contribution in [0.5, 0.6) is 5.75 Å². The Morgan fingerprint density at radius 2 is 1.57 bits per heavy atom. The Hall–Kier alpha value is -3.35. The number of primary amides is 1. The first-order valence-electron chi connectivity index (χ1n) is 16.5. The van der Waals surface area contributed by atoms with Gasteiger partial charge in [0.2, 0.25) is 12.0 Å². The number of unbranched alkanes of at least 4 members (excludes halogenated alkanes) is 11. The third-order valence-electron chi connectivity index (χ3n) is 9.18. The van der Waals surface area contributed by atoms with Gasteiger partial charge in [-0.15, -0.1) is 0 Å². The standard InChI is InChI=1S/C34H46F5N3O5/c1-4-5-6-7-8-9-10-11-12-13-14-15-20-46-29-24(16-17-25(35)28(29)36)27-22(2)33(3,34(37,38)39)47-30(27)32(44)41-23-18-19-42(45)26(21-23)31(40)43/h16-19,21-22,26-27,30H,4-15,20H2,1-3H3,(H2-,40,41,43,44)/p+1/t22-,26?,27+,30+,33+/m1/s1. The van der Waals surface area contributed by atoms with Crippen molar-refractivity contribution in [2.45, 2.75) is 128 Å². The van der Waals surface area contributed by atoms with Gasteiger partial charge in [0.05, 0.1) is 12.3 Å². The third kappa shape index (κ3) is 9.61. The van der Waals surface area contributed by atoms with Crippen LogP contribution in [0.3, 0.4) is 0 Å². The number of nitrogens with zero attached hydrogens (tertiary/aromatic N) is 1. The van der Waals surface area contributed by atoms with Crippen LogP contribution in [0, 0.1) is 22.5 Å². The fourth-order valence-electron chi connectivity index (χ4n) is 6.15. The first-order chi connectivity index (χ1) is 22.2. The van der Waals surface area contributed by atoms with Crippen molar-refractivity contribution in [2.24, 2.45) is 11.7 Å². The fourth-order valence-corrected chi connectivity index (χ4v) is 6.15. The minimum atomic E-state index is -4.93. The second-order valence-corrected chi connectivity index (χ2v) is 12.6. The van der Waals surface area contributed by atoms with E-state index in [1.54, 1.807) is 0 Å². The maximum absolute atomic E-state index is 15.2. The van der Waals surface area contributed by atoms with E-state index in [-0.39, 0.29) is 22.6 Å². The molecule has 47 heavy (non-hydrogen) atoms. The van der Waals surface area contributed by atoms with Gasteiger partial charge in [-0.05, 0) is 19.4 Å². The minimum absolute atomic E-state index is 0.00194. The Morgan fingerprint density at radius 1 is 1.00 bits per heavy atom. The predicted molar refractivity (Wildman–Crippen MR) is 166 cm³/mol. The number of hydrogen-bond donors (Lipinski definition) is 2. The normalized spacial score (nSPS) is 24.3. The molecule has 1 aromatic rings. The van der Waals surface area contributed by atoms with Crippen molar-refractivity contribution in [2.75, 3.05) is 6.61 Å². The summed E-state index contributed by atoms with van der Waals surface area (Å²) in [6, 6.07) is 0.432. The lowest BCUT2D eigenvalue weighted by Gasteiger charge is -2.32. The summed E-state index contributed by atoms with van der Waals surface area (Å²) in [5, 5.41) is 2.38. The fraction of sp³-hybridized carbons (Fsp3) is 0.647. The van der Waals surface area contributed by atoms with Gasteiger partial charge in [-0.1, -0.05) is 90.5 Å². The second kappa shape index (κ2) is 17.2. The maximum atomic E-state index is 15.2. The van der Waals surface area contributed by atoms with E-state index in [1.807, 2.05) is 0 Å². The molecule has 8 nitrogen and oxygen atoms in total. The van der Waals surface area contributed by atoms with Crippen LogP contribution < -0.4 is 15.8 Å². The molecule has 2 aliphatic heterocycles. The van der Waals surface area contributed by atoms with Gasteiger partial charge in [-0.3, -0.25) is 9.59 Å². The zero-order chi connectivity index (χ0) is 34.8. The van der Waals surface area contributed by atoms with Crippen LogP contribution in [-0.2, 0) is 14.3 Å². The Labute approximate surface area is 272 Å². The number of nitrogens with one attached hydrogen (secondary N) is 1. The average Bonchev–Trinajstić information content (AvgIpc) is 3.29. The number of alkyl halides is 3. The lowest BCUT2D eigenvalue weighted by molar-refractivity contribution is -0.495. The number of hydrogen-bond acceptors (Lipinski definition) is 5. The van der Waals surface area contributed by atoms with Gasteiger partial charge in [-0.25, -0.2) is 4.39 Å². The highest BCUT2D eigenvalue weighted by Gasteiger charge is 2.66. The molecule has 1 aromatic carbocycles. The van der Waals surface area contributed by atoms with E-state index in [0.29, 0.717) is 6.42 Å². The first kappa shape index (κ1) is 38.1. The van der Waals surface area contributed by atoms with Crippen molar-refractivity contribution in [3.8, 4) is 5.75 Å². The molecule has 13 heteroatoms. The zero-order valence-corrected chi connectivity index (χ0v) is 27.3. The molecular weight excluding hydrogens is 625 g/mol. The molecule has 2 amide bonds. The Morgan fingerprint density at radius 3 is 2.13 bits per heavy atom. The molecule has 3 rings (SSSR count). The van der Waals surface area contributed by atoms with Gasteiger partial charge < -0.3 is 20.5 Å². The molecule has 0 aliphatic carbocycles. The van der Waals surface area contributed by atoms with Gasteiger partial charge in [0.1, 0.15) is 6.10 Å². The topological polar surface area (TPSA) is 111 Å². The number of benzene rings is 1. The Kier molecular flexibility index (Phi) is 13.9. The predicted octanol–water partition coefficient (Wildman–Crippen LogP) is 7.64. The van der Waals surface area contributed by atoms with Gasteiger partial charge in [-0.2, -0.15) is 17.6 Å². The van der Waals surface area contributed by atoms with Gasteiger partial charge in [0.25, 0.3) is 11.8 Å². The smallest absolute Gasteiger partial charge is 0.417 e. The van der Waals surface area contributed by atoms with E-state index >= 15 is 4.39 Å². The number of ether oxygens (including phenoxy) is 2. The molecule has 1 saturated heterocycles. The van der Waals surface area contributed by atoms with Crippen LogP contribution >= 0.6 is 0 Å². The summed E-state index contributed by atoms with van der Waals surface area (Å²) < 4.78 is 84.0. The zero-order valence-electron chi connectivity index (χ0n) is 27.3. The highest BCUT2D eigenvalue weighted by molar-refractivity contribution is 5.86. The average molecular weight is 673 g/mol. The molecule has 0 radical (unpaired) electrons. The molecule has 0 bridgehead atoms. The highest BCUT2D eigenvalue weighted by atomic mass is 19.4. The molecule has 2 aliphatic rings. The molecular formula is C34H47F5N3O5+. The van der Waals surface area contributed by atoms with Crippen molar-refractivity contribution < 1.29 is 45.8 Å². The van der Waals surface area contributed by atoms with Crippen LogP contribution in [0.4, 0.5) is 22.0 Å². The van der Waals surface area contributed by atoms with Crippen LogP contribution in [-0.4, -0.2) is 47.1 Å². The van der Waals surface area contributed by atoms with E-state index in [1.165, 1.54) is 51.9 Å². The maximum Gasteiger partial charge on any atom is 0.417 e. The first-order valence-corrected chi connectivity index (χ1v) is 16.5. The summed E-state index contributed by atoms with van der Waals surface area (Å²) in [5.74, 6) is -8.10. The molecule has 0 spiro atoms. The molecule has 262 valence electrons. The molecule has 0 saturated carbocycles. The van der Waals surface area contributed by atoms with E-state index in [2.05, 4.69) is 12.2 Å². The molecule has 3 N–H and O–H groups in total. The van der Waals surface area contributed by atoms with Crippen molar-refractivity contribution in [3.05, 3.63) is 58.3 Å². The summed E-state index contributed by atoms with van der Waals surface area (Å²) in [5.41, 5.74) is 2.17. The van der Waals surface area contributed by atoms with E-state index in [9.17, 15) is 32.1 Å². The SMILES string of the molecule is CCCCCCCCCCCCCCOc1c([C@H]2[C@@H](C(=O)NC3=CC(C(N)=O)[N+](=O)C=C3)O[C@](C)(C(F)(F)F)[C@@H]2C)ccc(F)c1F. The number of halogens is 5. The molecule has 1 unspecified atom stereocenters. The van der Waals surface area contributed by atoms with Crippen LogP contribution in [0.2, 0.25) is 0 Å². The molecule has 5 atom stereocenters. The largest absolute Gasteiger partial charge is 0.490 e. The Bertz CT molecular complexity index is 1320. The quantitative estimate of drug-likeness (QED) is 0.0946. The molecule has 1 fully saturated rings. The summed E-state index contributed by atoms with van der Waals surface area (Å²) >= 11 is 0. The summed E-state index contributed by atoms with van der Waals surface area (Å²) in [6.07, 6.45) is 9.41. The summed E-state index contributed by atoms with van der Waals surface area (Å²) in [6.45, 7) is 4.21. The van der Waals surface area contributed by atoms with Gasteiger partial charge >= 0.3 is 12.2 Å². The van der Waals surface area contributed by atoms with Crippen molar-refractivity contribution >= 4 is 11.8 Å². The van der Waals surface area contributed by atoms with Crippen molar-refractivity contribution in [1.82, 2.24) is 5.32 Å². The lowest BCUT2D eigenvalue weighted by Crippen LogP contribution is -2.47. The number of nitrogens with two attached hydrogens (primary N) is 1. The van der Waals surface area contributed by atoms with E-state index in [4.69, 9.17) is 15.2 Å². The lowest BCUT2D eigenvalue weighted by atomic mass is 9.77. The van der Waals surface area contributed by atoms with Gasteiger partial charge in [0, 0.05) is 39.2 Å². The monoisotopic (exact) mass is 672 g/mol. The highest BCUT2D eigenvalue weighted by Crippen LogP contribution is 2.55.